The lowest BCUT2D eigenvalue weighted by Gasteiger charge is -2.18. The van der Waals surface area contributed by atoms with Crippen molar-refractivity contribution in [2.75, 3.05) is 7.05 Å². The smallest absolute Gasteiger partial charge is 0.0951 e. The summed E-state index contributed by atoms with van der Waals surface area (Å²) in [4.78, 5) is 6.66. The van der Waals surface area contributed by atoms with Gasteiger partial charge >= 0.3 is 0 Å². The highest BCUT2D eigenvalue weighted by Crippen LogP contribution is 2.35. The lowest BCUT2D eigenvalue weighted by Crippen LogP contribution is -2.19. The van der Waals surface area contributed by atoms with E-state index in [1.54, 1.807) is 0 Å². The van der Waals surface area contributed by atoms with E-state index in [2.05, 4.69) is 52.7 Å². The van der Waals surface area contributed by atoms with E-state index in [9.17, 15) is 0 Å². The van der Waals surface area contributed by atoms with Crippen molar-refractivity contribution in [2.24, 2.45) is 0 Å². The Hall–Kier alpha value is -1.61. The molecule has 1 aliphatic rings. The van der Waals surface area contributed by atoms with Gasteiger partial charge in [-0.3, -0.25) is 4.90 Å². The molecule has 1 fully saturated rings. The van der Waals surface area contributed by atoms with E-state index in [1.807, 2.05) is 12.5 Å². The van der Waals surface area contributed by atoms with Crippen LogP contribution in [0.25, 0.3) is 0 Å². The zero-order valence-corrected chi connectivity index (χ0v) is 12.4. The van der Waals surface area contributed by atoms with E-state index >= 15 is 0 Å². The van der Waals surface area contributed by atoms with Gasteiger partial charge in [0.25, 0.3) is 0 Å². The van der Waals surface area contributed by atoms with Gasteiger partial charge in [-0.15, -0.1) is 0 Å². The molecule has 0 atom stereocenters. The molecule has 0 N–H and O–H groups in total. The fourth-order valence-electron chi connectivity index (χ4n) is 2.66. The summed E-state index contributed by atoms with van der Waals surface area (Å²) in [6, 6.07) is 9.67. The Morgan fingerprint density at radius 1 is 1.15 bits per heavy atom. The first-order valence-electron chi connectivity index (χ1n) is 7.53. The molecule has 0 saturated heterocycles. The first-order chi connectivity index (χ1) is 9.76. The van der Waals surface area contributed by atoms with E-state index in [-0.39, 0.29) is 0 Å². The number of aryl methyl sites for hydroxylation is 1. The molecule has 3 nitrogen and oxygen atoms in total. The summed E-state index contributed by atoms with van der Waals surface area (Å²) in [6.45, 7) is 4.14. The number of rotatable bonds is 6. The summed E-state index contributed by atoms with van der Waals surface area (Å²) in [5.74, 6) is 0. The number of hydrogen-bond acceptors (Lipinski definition) is 2. The highest BCUT2D eigenvalue weighted by molar-refractivity contribution is 5.22. The number of hydrogen-bond donors (Lipinski definition) is 0. The largest absolute Gasteiger partial charge is 0.330 e. The van der Waals surface area contributed by atoms with Crippen LogP contribution >= 0.6 is 0 Å². The highest BCUT2D eigenvalue weighted by Gasteiger charge is 2.25. The van der Waals surface area contributed by atoms with Crippen molar-refractivity contribution in [2.45, 2.75) is 45.3 Å². The second-order valence-electron chi connectivity index (χ2n) is 5.87. The minimum atomic E-state index is 0.713. The van der Waals surface area contributed by atoms with E-state index in [4.69, 9.17) is 0 Å². The van der Waals surface area contributed by atoms with E-state index in [1.165, 1.54) is 29.7 Å². The van der Waals surface area contributed by atoms with E-state index < -0.39 is 0 Å². The Bertz CT molecular complexity index is 552. The quantitative estimate of drug-likeness (QED) is 0.801. The summed E-state index contributed by atoms with van der Waals surface area (Å²) >= 11 is 0. The van der Waals surface area contributed by atoms with Gasteiger partial charge in [-0.1, -0.05) is 31.2 Å². The van der Waals surface area contributed by atoms with Crippen LogP contribution in [0.4, 0.5) is 0 Å². The highest BCUT2D eigenvalue weighted by atomic mass is 15.2. The van der Waals surface area contributed by atoms with Crippen LogP contribution in [0.2, 0.25) is 0 Å². The average Bonchev–Trinajstić information content (AvgIpc) is 3.20. The minimum Gasteiger partial charge on any atom is -0.330 e. The molecule has 0 spiro atoms. The molecule has 1 aromatic carbocycles. The second kappa shape index (κ2) is 5.80. The van der Waals surface area contributed by atoms with Crippen LogP contribution in [0.3, 0.4) is 0 Å². The third-order valence-electron chi connectivity index (χ3n) is 4.00. The topological polar surface area (TPSA) is 21.1 Å². The molecule has 20 heavy (non-hydrogen) atoms. The minimum absolute atomic E-state index is 0.713. The zero-order valence-electron chi connectivity index (χ0n) is 12.4. The molecule has 0 radical (unpaired) electrons. The Morgan fingerprint density at radius 3 is 2.50 bits per heavy atom. The van der Waals surface area contributed by atoms with Gasteiger partial charge in [-0.2, -0.15) is 0 Å². The van der Waals surface area contributed by atoms with Gasteiger partial charge in [0.15, 0.2) is 0 Å². The van der Waals surface area contributed by atoms with Crippen LogP contribution < -0.4 is 0 Å². The Kier molecular flexibility index (Phi) is 3.88. The van der Waals surface area contributed by atoms with Gasteiger partial charge < -0.3 is 4.57 Å². The summed E-state index contributed by atoms with van der Waals surface area (Å²) in [7, 11) is 2.18. The normalized spacial score (nSPS) is 14.9. The predicted molar refractivity (Wildman–Crippen MR) is 81.5 cm³/mol. The van der Waals surface area contributed by atoms with Gasteiger partial charge in [0.05, 0.1) is 12.0 Å². The first-order valence-corrected chi connectivity index (χ1v) is 7.53. The molecule has 3 heteroatoms. The van der Waals surface area contributed by atoms with Gasteiger partial charge in [-0.25, -0.2) is 4.98 Å². The van der Waals surface area contributed by atoms with Crippen LogP contribution in [0.1, 0.15) is 42.6 Å². The number of aromatic nitrogens is 2. The van der Waals surface area contributed by atoms with Crippen molar-refractivity contribution in [3.05, 3.63) is 53.6 Å². The van der Waals surface area contributed by atoms with Crippen LogP contribution in [-0.2, 0) is 19.5 Å². The molecule has 0 unspecified atom stereocenters. The fourth-order valence-corrected chi connectivity index (χ4v) is 2.66. The molecular formula is C17H23N3. The van der Waals surface area contributed by atoms with Crippen LogP contribution in [0, 0.1) is 0 Å². The lowest BCUT2D eigenvalue weighted by molar-refractivity contribution is 0.309. The van der Waals surface area contributed by atoms with Crippen molar-refractivity contribution in [1.82, 2.24) is 14.5 Å². The van der Waals surface area contributed by atoms with Crippen molar-refractivity contribution in [1.29, 1.82) is 0 Å². The van der Waals surface area contributed by atoms with Crippen molar-refractivity contribution >= 4 is 0 Å². The van der Waals surface area contributed by atoms with Crippen molar-refractivity contribution in [3.8, 4) is 0 Å². The molecule has 0 aliphatic heterocycles. The summed E-state index contributed by atoms with van der Waals surface area (Å²) in [5.41, 5.74) is 4.12. The molecule has 3 rings (SSSR count). The summed E-state index contributed by atoms with van der Waals surface area (Å²) < 4.78 is 2.34. The second-order valence-corrected chi connectivity index (χ2v) is 5.87. The Labute approximate surface area is 121 Å². The third-order valence-corrected chi connectivity index (χ3v) is 4.00. The average molecular weight is 269 g/mol. The van der Waals surface area contributed by atoms with Crippen LogP contribution in [0.5, 0.6) is 0 Å². The van der Waals surface area contributed by atoms with Crippen LogP contribution in [0.15, 0.2) is 36.8 Å². The Balaban J connectivity index is 1.60. The molecule has 1 aliphatic carbocycles. The van der Waals surface area contributed by atoms with E-state index in [0.717, 1.165) is 19.5 Å². The third kappa shape index (κ3) is 3.10. The fraction of sp³-hybridized carbons (Fsp3) is 0.471. The maximum atomic E-state index is 4.30. The molecular weight excluding hydrogens is 246 g/mol. The number of nitrogens with zero attached hydrogens (tertiary/aromatic N) is 3. The number of benzene rings is 1. The number of imidazole rings is 1. The predicted octanol–water partition coefficient (Wildman–Crippen LogP) is 3.41. The molecule has 2 aromatic rings. The van der Waals surface area contributed by atoms with Crippen molar-refractivity contribution in [3.63, 3.8) is 0 Å². The van der Waals surface area contributed by atoms with Gasteiger partial charge in [-0.05, 0) is 37.4 Å². The molecule has 106 valence electrons. The summed E-state index contributed by atoms with van der Waals surface area (Å²) in [5, 5.41) is 0. The molecule has 1 saturated carbocycles. The zero-order chi connectivity index (χ0) is 13.9. The Morgan fingerprint density at radius 2 is 1.85 bits per heavy atom. The molecule has 1 aromatic heterocycles. The molecule has 0 amide bonds. The monoisotopic (exact) mass is 269 g/mol. The van der Waals surface area contributed by atoms with Gasteiger partial charge in [0, 0.05) is 25.3 Å². The first kappa shape index (κ1) is 13.4. The lowest BCUT2D eigenvalue weighted by atomic mass is 10.1. The standard InChI is InChI=1S/C17H23N3/c1-3-14-4-6-15(7-5-14)11-19(2)12-17-10-18-13-20(17)16-8-9-16/h4-7,10,13,16H,3,8-9,11-12H2,1-2H3. The SMILES string of the molecule is CCc1ccc(CN(C)Cc2cncn2C2CC2)cc1. The van der Waals surface area contributed by atoms with Crippen LogP contribution in [-0.4, -0.2) is 21.5 Å². The van der Waals surface area contributed by atoms with Gasteiger partial charge in [0.2, 0.25) is 0 Å². The molecule has 0 bridgehead atoms. The maximum absolute atomic E-state index is 4.30. The van der Waals surface area contributed by atoms with Crippen molar-refractivity contribution < 1.29 is 0 Å². The summed E-state index contributed by atoms with van der Waals surface area (Å²) in [6.07, 6.45) is 7.72. The van der Waals surface area contributed by atoms with E-state index in [0.29, 0.717) is 6.04 Å². The van der Waals surface area contributed by atoms with Gasteiger partial charge in [0.1, 0.15) is 0 Å². The maximum Gasteiger partial charge on any atom is 0.0951 e. The molecule has 1 heterocycles.